The van der Waals surface area contributed by atoms with Crippen LogP contribution in [0.4, 0.5) is 5.82 Å². The lowest BCUT2D eigenvalue weighted by atomic mass is 10.1. The van der Waals surface area contributed by atoms with E-state index in [-0.39, 0.29) is 5.54 Å². The topological polar surface area (TPSA) is 55.1 Å². The van der Waals surface area contributed by atoms with Gasteiger partial charge in [-0.25, -0.2) is 9.97 Å². The van der Waals surface area contributed by atoms with E-state index in [1.54, 1.807) is 12.4 Å². The summed E-state index contributed by atoms with van der Waals surface area (Å²) in [6.07, 6.45) is 7.28. The van der Waals surface area contributed by atoms with Crippen molar-refractivity contribution in [1.82, 2.24) is 19.4 Å². The summed E-state index contributed by atoms with van der Waals surface area (Å²) < 4.78 is 1.97. The second-order valence-corrected chi connectivity index (χ2v) is 5.72. The van der Waals surface area contributed by atoms with Gasteiger partial charge in [-0.3, -0.25) is 9.38 Å². The summed E-state index contributed by atoms with van der Waals surface area (Å²) in [5.41, 5.74) is 1.78. The summed E-state index contributed by atoms with van der Waals surface area (Å²) in [5, 5.41) is 3.50. The van der Waals surface area contributed by atoms with Crippen LogP contribution in [-0.2, 0) is 0 Å². The molecule has 3 aromatic heterocycles. The summed E-state index contributed by atoms with van der Waals surface area (Å²) in [5.74, 6) is 1.62. The third kappa shape index (κ3) is 2.34. The first kappa shape index (κ1) is 12.6. The quantitative estimate of drug-likeness (QED) is 0.775. The molecule has 0 amide bonds. The van der Waals surface area contributed by atoms with Gasteiger partial charge in [0.1, 0.15) is 11.5 Å². The molecule has 0 atom stereocenters. The number of hydrogen-bond acceptors (Lipinski definition) is 4. The number of imidazole rings is 1. The monoisotopic (exact) mass is 267 g/mol. The minimum absolute atomic E-state index is 0.0667. The average Bonchev–Trinajstić information content (AvgIpc) is 2.77. The minimum atomic E-state index is -0.0667. The number of anilines is 1. The molecule has 0 aliphatic carbocycles. The van der Waals surface area contributed by atoms with E-state index in [1.165, 1.54) is 0 Å². The molecule has 0 aliphatic heterocycles. The van der Waals surface area contributed by atoms with Crippen molar-refractivity contribution in [1.29, 1.82) is 0 Å². The van der Waals surface area contributed by atoms with E-state index in [9.17, 15) is 0 Å². The summed E-state index contributed by atoms with van der Waals surface area (Å²) in [6, 6.07) is 5.81. The Labute approximate surface area is 117 Å². The number of pyridine rings is 1. The van der Waals surface area contributed by atoms with Crippen LogP contribution in [0.25, 0.3) is 17.0 Å². The normalized spacial score (nSPS) is 11.8. The molecular formula is C15H17N5. The molecule has 0 bridgehead atoms. The maximum Gasteiger partial charge on any atom is 0.235 e. The Kier molecular flexibility index (Phi) is 2.89. The van der Waals surface area contributed by atoms with Gasteiger partial charge in [0.25, 0.3) is 0 Å². The van der Waals surface area contributed by atoms with Crippen molar-refractivity contribution < 1.29 is 0 Å². The molecule has 3 rings (SSSR count). The van der Waals surface area contributed by atoms with E-state index in [0.29, 0.717) is 5.78 Å². The fraction of sp³-hybridized carbons (Fsp3) is 0.267. The number of nitrogens with zero attached hydrogens (tertiary/aromatic N) is 4. The first-order valence-electron chi connectivity index (χ1n) is 6.56. The van der Waals surface area contributed by atoms with Gasteiger partial charge >= 0.3 is 0 Å². The van der Waals surface area contributed by atoms with Gasteiger partial charge in [0, 0.05) is 35.9 Å². The third-order valence-corrected chi connectivity index (χ3v) is 2.83. The van der Waals surface area contributed by atoms with Crippen LogP contribution >= 0.6 is 0 Å². The van der Waals surface area contributed by atoms with Gasteiger partial charge in [-0.15, -0.1) is 0 Å². The van der Waals surface area contributed by atoms with Gasteiger partial charge in [-0.05, 0) is 39.0 Å². The molecule has 0 saturated carbocycles. The first-order valence-corrected chi connectivity index (χ1v) is 6.56. The third-order valence-electron chi connectivity index (χ3n) is 2.83. The van der Waals surface area contributed by atoms with Crippen LogP contribution in [0.1, 0.15) is 20.8 Å². The second kappa shape index (κ2) is 4.59. The molecular weight excluding hydrogens is 250 g/mol. The molecule has 20 heavy (non-hydrogen) atoms. The maximum absolute atomic E-state index is 4.62. The largest absolute Gasteiger partial charge is 0.365 e. The lowest BCUT2D eigenvalue weighted by Gasteiger charge is -2.22. The van der Waals surface area contributed by atoms with Crippen molar-refractivity contribution in [3.63, 3.8) is 0 Å². The highest BCUT2D eigenvalue weighted by atomic mass is 15.2. The van der Waals surface area contributed by atoms with Gasteiger partial charge in [0.2, 0.25) is 5.78 Å². The van der Waals surface area contributed by atoms with Gasteiger partial charge in [0.05, 0.1) is 0 Å². The standard InChI is InChI=1S/C15H17N5/c1-15(2,3)19-13-12(11-6-4-7-16-10-11)18-14-17-8-5-9-20(13)14/h4-10,19H,1-3H3. The van der Waals surface area contributed by atoms with Crippen molar-refractivity contribution in [3.05, 3.63) is 43.0 Å². The lowest BCUT2D eigenvalue weighted by molar-refractivity contribution is 0.629. The molecule has 0 saturated heterocycles. The summed E-state index contributed by atoms with van der Waals surface area (Å²) in [6.45, 7) is 6.36. The fourth-order valence-corrected chi connectivity index (χ4v) is 2.07. The predicted octanol–water partition coefficient (Wildman–Crippen LogP) is 3.00. The number of aromatic nitrogens is 4. The Hall–Kier alpha value is -2.43. The van der Waals surface area contributed by atoms with Crippen molar-refractivity contribution >= 4 is 11.6 Å². The lowest BCUT2D eigenvalue weighted by Crippen LogP contribution is -2.27. The molecule has 0 aliphatic rings. The van der Waals surface area contributed by atoms with E-state index in [1.807, 2.05) is 35.0 Å². The Morgan fingerprint density at radius 1 is 1.15 bits per heavy atom. The number of fused-ring (bicyclic) bond motifs is 1. The van der Waals surface area contributed by atoms with Crippen molar-refractivity contribution in [3.8, 4) is 11.3 Å². The summed E-state index contributed by atoms with van der Waals surface area (Å²) in [7, 11) is 0. The maximum atomic E-state index is 4.62. The Balaban J connectivity index is 2.23. The van der Waals surface area contributed by atoms with Crippen LogP contribution in [0.15, 0.2) is 43.0 Å². The zero-order valence-electron chi connectivity index (χ0n) is 11.8. The summed E-state index contributed by atoms with van der Waals surface area (Å²) >= 11 is 0. The zero-order valence-corrected chi connectivity index (χ0v) is 11.8. The number of rotatable bonds is 2. The molecule has 3 aromatic rings. The van der Waals surface area contributed by atoms with Gasteiger partial charge in [-0.1, -0.05) is 0 Å². The van der Waals surface area contributed by atoms with Crippen LogP contribution in [0, 0.1) is 0 Å². The van der Waals surface area contributed by atoms with E-state index >= 15 is 0 Å². The van der Waals surface area contributed by atoms with Crippen molar-refractivity contribution in [2.24, 2.45) is 0 Å². The molecule has 5 nitrogen and oxygen atoms in total. The molecule has 0 fully saturated rings. The molecule has 0 aromatic carbocycles. The molecule has 0 radical (unpaired) electrons. The van der Waals surface area contributed by atoms with Crippen molar-refractivity contribution in [2.45, 2.75) is 26.3 Å². The van der Waals surface area contributed by atoms with Gasteiger partial charge < -0.3 is 5.32 Å². The van der Waals surface area contributed by atoms with Crippen LogP contribution in [0.2, 0.25) is 0 Å². The molecule has 0 unspecified atom stereocenters. The van der Waals surface area contributed by atoms with Crippen LogP contribution in [-0.4, -0.2) is 24.9 Å². The highest BCUT2D eigenvalue weighted by Gasteiger charge is 2.19. The zero-order chi connectivity index (χ0) is 14.2. The highest BCUT2D eigenvalue weighted by Crippen LogP contribution is 2.29. The molecule has 3 heterocycles. The first-order chi connectivity index (χ1) is 9.54. The Morgan fingerprint density at radius 3 is 2.70 bits per heavy atom. The average molecular weight is 267 g/mol. The van der Waals surface area contributed by atoms with Gasteiger partial charge in [0.15, 0.2) is 0 Å². The number of hydrogen-bond donors (Lipinski definition) is 1. The fourth-order valence-electron chi connectivity index (χ4n) is 2.07. The second-order valence-electron chi connectivity index (χ2n) is 5.72. The SMILES string of the molecule is CC(C)(C)Nc1c(-c2cccnc2)nc2ncccn12. The molecule has 1 N–H and O–H groups in total. The highest BCUT2D eigenvalue weighted by molar-refractivity contribution is 5.75. The van der Waals surface area contributed by atoms with Crippen LogP contribution in [0.5, 0.6) is 0 Å². The molecule has 0 spiro atoms. The van der Waals surface area contributed by atoms with E-state index in [4.69, 9.17) is 0 Å². The summed E-state index contributed by atoms with van der Waals surface area (Å²) in [4.78, 5) is 13.1. The Morgan fingerprint density at radius 2 is 2.00 bits per heavy atom. The van der Waals surface area contributed by atoms with Crippen molar-refractivity contribution in [2.75, 3.05) is 5.32 Å². The van der Waals surface area contributed by atoms with Crippen LogP contribution in [0.3, 0.4) is 0 Å². The van der Waals surface area contributed by atoms with Gasteiger partial charge in [-0.2, -0.15) is 0 Å². The molecule has 5 heteroatoms. The van der Waals surface area contributed by atoms with Crippen LogP contribution < -0.4 is 5.32 Å². The Bertz CT molecular complexity index is 725. The predicted molar refractivity (Wildman–Crippen MR) is 79.6 cm³/mol. The minimum Gasteiger partial charge on any atom is -0.365 e. The smallest absolute Gasteiger partial charge is 0.235 e. The van der Waals surface area contributed by atoms with E-state index in [0.717, 1.165) is 17.1 Å². The molecule has 102 valence electrons. The number of nitrogens with one attached hydrogen (secondary N) is 1. The van der Waals surface area contributed by atoms with E-state index < -0.39 is 0 Å². The van der Waals surface area contributed by atoms with E-state index in [2.05, 4.69) is 41.0 Å².